The predicted molar refractivity (Wildman–Crippen MR) is 68.6 cm³/mol. The van der Waals surface area contributed by atoms with E-state index >= 15 is 0 Å². The normalized spacial score (nSPS) is 18.1. The Morgan fingerprint density at radius 1 is 1.40 bits per heavy atom. The summed E-state index contributed by atoms with van der Waals surface area (Å²) in [5, 5.41) is 6.61. The van der Waals surface area contributed by atoms with E-state index in [0.717, 1.165) is 0 Å². The third kappa shape index (κ3) is 2.55. The van der Waals surface area contributed by atoms with Crippen molar-refractivity contribution in [2.45, 2.75) is 12.5 Å². The van der Waals surface area contributed by atoms with Gasteiger partial charge in [-0.2, -0.15) is 5.10 Å². The van der Waals surface area contributed by atoms with Gasteiger partial charge in [0.2, 0.25) is 0 Å². The largest absolute Gasteiger partial charge is 0.456 e. The Kier molecular flexibility index (Phi) is 3.47. The molecule has 0 aliphatic carbocycles. The Morgan fingerprint density at radius 3 is 2.90 bits per heavy atom. The van der Waals surface area contributed by atoms with Gasteiger partial charge in [-0.3, -0.25) is 5.10 Å². The zero-order chi connectivity index (χ0) is 13.9. The van der Waals surface area contributed by atoms with Crippen LogP contribution in [0.2, 0.25) is 0 Å². The molecule has 0 amide bonds. The molecule has 1 aliphatic heterocycles. The molecule has 0 spiro atoms. The zero-order valence-corrected chi connectivity index (χ0v) is 10.6. The highest BCUT2D eigenvalue weighted by atomic mass is 19.1. The van der Waals surface area contributed by atoms with Gasteiger partial charge in [-0.25, -0.2) is 9.18 Å². The fourth-order valence-corrected chi connectivity index (χ4v) is 2.10. The SMILES string of the molecule is O=C(O[C@@H]1CCOC1)c1cn[nH]c1-c1ccc(F)cc1. The topological polar surface area (TPSA) is 64.2 Å². The molecule has 20 heavy (non-hydrogen) atoms. The highest BCUT2D eigenvalue weighted by Crippen LogP contribution is 2.23. The second-order valence-corrected chi connectivity index (χ2v) is 4.56. The van der Waals surface area contributed by atoms with E-state index in [2.05, 4.69) is 10.2 Å². The van der Waals surface area contributed by atoms with Crippen molar-refractivity contribution in [3.05, 3.63) is 41.8 Å². The van der Waals surface area contributed by atoms with Crippen LogP contribution in [0.15, 0.2) is 30.5 Å². The summed E-state index contributed by atoms with van der Waals surface area (Å²) in [6.45, 7) is 1.03. The lowest BCUT2D eigenvalue weighted by Gasteiger charge is -2.10. The maximum absolute atomic E-state index is 12.9. The van der Waals surface area contributed by atoms with Crippen LogP contribution in [0.1, 0.15) is 16.8 Å². The van der Waals surface area contributed by atoms with Crippen molar-refractivity contribution < 1.29 is 18.7 Å². The first kappa shape index (κ1) is 12.8. The molecular weight excluding hydrogens is 263 g/mol. The van der Waals surface area contributed by atoms with E-state index in [1.807, 2.05) is 0 Å². The number of aromatic amines is 1. The molecule has 104 valence electrons. The average Bonchev–Trinajstić information content (AvgIpc) is 3.10. The molecule has 1 fully saturated rings. The summed E-state index contributed by atoms with van der Waals surface area (Å²) in [6, 6.07) is 5.82. The number of carbonyl (C=O) groups excluding carboxylic acids is 1. The molecular formula is C14H13FN2O3. The molecule has 1 N–H and O–H groups in total. The molecule has 1 aromatic heterocycles. The van der Waals surface area contributed by atoms with Gasteiger partial charge in [0, 0.05) is 12.0 Å². The van der Waals surface area contributed by atoms with Crippen LogP contribution in [0.25, 0.3) is 11.3 Å². The molecule has 3 rings (SSSR count). The van der Waals surface area contributed by atoms with Crippen LogP contribution >= 0.6 is 0 Å². The highest BCUT2D eigenvalue weighted by Gasteiger charge is 2.23. The Labute approximate surface area is 114 Å². The van der Waals surface area contributed by atoms with Crippen LogP contribution < -0.4 is 0 Å². The monoisotopic (exact) mass is 276 g/mol. The van der Waals surface area contributed by atoms with E-state index in [1.54, 1.807) is 12.1 Å². The molecule has 2 aromatic rings. The number of H-pyrrole nitrogens is 1. The molecule has 1 aromatic carbocycles. The number of halogens is 1. The van der Waals surface area contributed by atoms with Gasteiger partial charge >= 0.3 is 5.97 Å². The van der Waals surface area contributed by atoms with Crippen LogP contribution in [0.3, 0.4) is 0 Å². The minimum atomic E-state index is -0.450. The van der Waals surface area contributed by atoms with Gasteiger partial charge in [0.25, 0.3) is 0 Å². The van der Waals surface area contributed by atoms with Gasteiger partial charge < -0.3 is 9.47 Å². The summed E-state index contributed by atoms with van der Waals surface area (Å²) in [5.74, 6) is -0.783. The Morgan fingerprint density at radius 2 is 2.20 bits per heavy atom. The van der Waals surface area contributed by atoms with Crippen molar-refractivity contribution in [1.29, 1.82) is 0 Å². The first-order chi connectivity index (χ1) is 9.74. The molecule has 1 aliphatic rings. The fourth-order valence-electron chi connectivity index (χ4n) is 2.10. The Hall–Kier alpha value is -2.21. The van der Waals surface area contributed by atoms with Gasteiger partial charge in [-0.1, -0.05) is 0 Å². The number of benzene rings is 1. The van der Waals surface area contributed by atoms with E-state index in [-0.39, 0.29) is 11.9 Å². The lowest BCUT2D eigenvalue weighted by atomic mass is 10.1. The van der Waals surface area contributed by atoms with E-state index in [1.165, 1.54) is 18.3 Å². The number of ether oxygens (including phenoxy) is 2. The van der Waals surface area contributed by atoms with Crippen molar-refractivity contribution in [3.63, 3.8) is 0 Å². The summed E-state index contributed by atoms with van der Waals surface area (Å²) >= 11 is 0. The van der Waals surface area contributed by atoms with Crippen LogP contribution in [0, 0.1) is 5.82 Å². The molecule has 1 saturated heterocycles. The fraction of sp³-hybridized carbons (Fsp3) is 0.286. The number of hydrogen-bond acceptors (Lipinski definition) is 4. The first-order valence-electron chi connectivity index (χ1n) is 6.32. The van der Waals surface area contributed by atoms with E-state index < -0.39 is 5.97 Å². The molecule has 0 unspecified atom stereocenters. The average molecular weight is 276 g/mol. The summed E-state index contributed by atoms with van der Waals surface area (Å²) in [5.41, 5.74) is 1.54. The Bertz CT molecular complexity index is 603. The summed E-state index contributed by atoms with van der Waals surface area (Å²) < 4.78 is 23.4. The summed E-state index contributed by atoms with van der Waals surface area (Å²) in [6.07, 6.45) is 1.91. The number of nitrogens with zero attached hydrogens (tertiary/aromatic N) is 1. The number of rotatable bonds is 3. The van der Waals surface area contributed by atoms with E-state index in [9.17, 15) is 9.18 Å². The highest BCUT2D eigenvalue weighted by molar-refractivity contribution is 5.96. The number of esters is 1. The van der Waals surface area contributed by atoms with Gasteiger partial charge in [0.05, 0.1) is 25.1 Å². The van der Waals surface area contributed by atoms with Crippen LogP contribution in [-0.2, 0) is 9.47 Å². The molecule has 6 heteroatoms. The van der Waals surface area contributed by atoms with Gasteiger partial charge in [-0.15, -0.1) is 0 Å². The van der Waals surface area contributed by atoms with Crippen molar-refractivity contribution in [2.24, 2.45) is 0 Å². The Balaban J connectivity index is 1.82. The molecule has 0 radical (unpaired) electrons. The molecule has 0 saturated carbocycles. The summed E-state index contributed by atoms with van der Waals surface area (Å²) in [7, 11) is 0. The van der Waals surface area contributed by atoms with Gasteiger partial charge in [-0.05, 0) is 24.3 Å². The number of nitrogens with one attached hydrogen (secondary N) is 1. The van der Waals surface area contributed by atoms with Crippen molar-refractivity contribution in [2.75, 3.05) is 13.2 Å². The van der Waals surface area contributed by atoms with Crippen LogP contribution in [0.5, 0.6) is 0 Å². The minimum absolute atomic E-state index is 0.210. The number of carbonyl (C=O) groups is 1. The molecule has 2 heterocycles. The first-order valence-corrected chi connectivity index (χ1v) is 6.32. The van der Waals surface area contributed by atoms with Gasteiger partial charge in [0.1, 0.15) is 17.5 Å². The van der Waals surface area contributed by atoms with Crippen molar-refractivity contribution >= 4 is 5.97 Å². The molecule has 0 bridgehead atoms. The smallest absolute Gasteiger partial charge is 0.342 e. The predicted octanol–water partition coefficient (Wildman–Crippen LogP) is 2.16. The van der Waals surface area contributed by atoms with Crippen molar-refractivity contribution in [1.82, 2.24) is 10.2 Å². The quantitative estimate of drug-likeness (QED) is 0.872. The second-order valence-electron chi connectivity index (χ2n) is 4.56. The second kappa shape index (κ2) is 5.42. The van der Waals surface area contributed by atoms with Crippen LogP contribution in [-0.4, -0.2) is 35.5 Å². The zero-order valence-electron chi connectivity index (χ0n) is 10.6. The molecule has 5 nitrogen and oxygen atoms in total. The number of aromatic nitrogens is 2. The van der Waals surface area contributed by atoms with Gasteiger partial charge in [0.15, 0.2) is 0 Å². The third-order valence-corrected chi connectivity index (χ3v) is 3.15. The lowest BCUT2D eigenvalue weighted by Crippen LogP contribution is -2.18. The summed E-state index contributed by atoms with van der Waals surface area (Å²) in [4.78, 5) is 12.1. The standard InChI is InChI=1S/C14H13FN2O3/c15-10-3-1-9(2-4-10)13-12(7-16-17-13)14(18)20-11-5-6-19-8-11/h1-4,7,11H,5-6,8H2,(H,16,17)/t11-/m1/s1. The van der Waals surface area contributed by atoms with E-state index in [0.29, 0.717) is 36.5 Å². The third-order valence-electron chi connectivity index (χ3n) is 3.15. The number of hydrogen-bond donors (Lipinski definition) is 1. The maximum Gasteiger partial charge on any atom is 0.342 e. The van der Waals surface area contributed by atoms with Crippen molar-refractivity contribution in [3.8, 4) is 11.3 Å². The lowest BCUT2D eigenvalue weighted by molar-refractivity contribution is 0.0271. The minimum Gasteiger partial charge on any atom is -0.456 e. The molecule has 1 atom stereocenters. The van der Waals surface area contributed by atoms with Crippen LogP contribution in [0.4, 0.5) is 4.39 Å². The maximum atomic E-state index is 12.9. The van der Waals surface area contributed by atoms with E-state index in [4.69, 9.17) is 9.47 Å².